The molecular formula is C16H18N6O5. The molecule has 1 saturated heterocycles. The molecule has 1 aromatic heterocycles. The molecule has 0 bridgehead atoms. The third kappa shape index (κ3) is 4.03. The molecule has 0 aliphatic carbocycles. The van der Waals surface area contributed by atoms with Gasteiger partial charge < -0.3 is 14.4 Å². The maximum Gasteiger partial charge on any atom is 0.355 e. The number of carbonyl (C=O) groups excluding carboxylic acids is 1. The summed E-state index contributed by atoms with van der Waals surface area (Å²) in [7, 11) is 1.45. The van der Waals surface area contributed by atoms with Gasteiger partial charge in [-0.25, -0.2) is 9.97 Å². The van der Waals surface area contributed by atoms with E-state index in [2.05, 4.69) is 20.8 Å². The number of nitro groups is 1. The van der Waals surface area contributed by atoms with E-state index >= 15 is 0 Å². The highest BCUT2D eigenvalue weighted by Crippen LogP contribution is 2.31. The zero-order chi connectivity index (χ0) is 19.2. The SMILES string of the molecule is COc1ccccc1C(=O)NNc1ncnc(N2CCOCC2)c1[N+](=O)[O-]. The first-order chi connectivity index (χ1) is 13.1. The highest BCUT2D eigenvalue weighted by atomic mass is 16.6. The van der Waals surface area contributed by atoms with Gasteiger partial charge in [-0.05, 0) is 12.1 Å². The lowest BCUT2D eigenvalue weighted by Gasteiger charge is -2.27. The first-order valence-electron chi connectivity index (χ1n) is 8.13. The third-order valence-corrected chi connectivity index (χ3v) is 3.94. The Kier molecular flexibility index (Phi) is 5.61. The zero-order valence-electron chi connectivity index (χ0n) is 14.5. The first-order valence-corrected chi connectivity index (χ1v) is 8.13. The molecule has 0 unspecified atom stereocenters. The number of hydrogen-bond acceptors (Lipinski definition) is 9. The monoisotopic (exact) mass is 374 g/mol. The molecule has 2 N–H and O–H groups in total. The van der Waals surface area contributed by atoms with E-state index in [0.717, 1.165) is 0 Å². The van der Waals surface area contributed by atoms with Crippen molar-refractivity contribution >= 4 is 23.2 Å². The quantitative estimate of drug-likeness (QED) is 0.561. The predicted octanol–water partition coefficient (Wildman–Crippen LogP) is 0.987. The van der Waals surface area contributed by atoms with Gasteiger partial charge in [-0.1, -0.05) is 12.1 Å². The number of anilines is 2. The second-order valence-corrected chi connectivity index (χ2v) is 5.53. The summed E-state index contributed by atoms with van der Waals surface area (Å²) in [5.41, 5.74) is 4.88. The molecule has 0 radical (unpaired) electrons. The van der Waals surface area contributed by atoms with Gasteiger partial charge in [-0.2, -0.15) is 0 Å². The molecule has 0 atom stereocenters. The minimum Gasteiger partial charge on any atom is -0.496 e. The highest BCUT2D eigenvalue weighted by Gasteiger charge is 2.28. The second-order valence-electron chi connectivity index (χ2n) is 5.53. The smallest absolute Gasteiger partial charge is 0.355 e. The number of nitrogens with one attached hydrogen (secondary N) is 2. The fraction of sp³-hybridized carbons (Fsp3) is 0.312. The minimum atomic E-state index is -0.581. The molecule has 1 amide bonds. The zero-order valence-corrected chi connectivity index (χ0v) is 14.5. The molecule has 27 heavy (non-hydrogen) atoms. The molecule has 1 fully saturated rings. The van der Waals surface area contributed by atoms with Crippen LogP contribution in [0.1, 0.15) is 10.4 Å². The lowest BCUT2D eigenvalue weighted by atomic mass is 10.2. The summed E-state index contributed by atoms with van der Waals surface area (Å²) in [5.74, 6) is -0.0802. The number of aromatic nitrogens is 2. The van der Waals surface area contributed by atoms with Crippen LogP contribution in [0.4, 0.5) is 17.3 Å². The average Bonchev–Trinajstić information content (AvgIpc) is 2.72. The Balaban J connectivity index is 1.82. The summed E-state index contributed by atoms with van der Waals surface area (Å²) in [5, 5.41) is 11.6. The molecule has 3 rings (SSSR count). The molecule has 11 nitrogen and oxygen atoms in total. The van der Waals surface area contributed by atoms with Crippen LogP contribution in [0.2, 0.25) is 0 Å². The molecule has 11 heteroatoms. The van der Waals surface area contributed by atoms with Gasteiger partial charge in [-0.3, -0.25) is 25.8 Å². The van der Waals surface area contributed by atoms with Crippen LogP contribution < -0.4 is 20.5 Å². The number of hydrazine groups is 1. The summed E-state index contributed by atoms with van der Waals surface area (Å²) in [6.07, 6.45) is 1.20. The van der Waals surface area contributed by atoms with Crippen molar-refractivity contribution in [2.75, 3.05) is 43.7 Å². The van der Waals surface area contributed by atoms with Gasteiger partial charge in [0, 0.05) is 13.1 Å². The Morgan fingerprint density at radius 1 is 1.30 bits per heavy atom. The van der Waals surface area contributed by atoms with E-state index in [-0.39, 0.29) is 22.9 Å². The van der Waals surface area contributed by atoms with Gasteiger partial charge in [-0.15, -0.1) is 0 Å². The highest BCUT2D eigenvalue weighted by molar-refractivity contribution is 5.97. The van der Waals surface area contributed by atoms with Crippen LogP contribution in [-0.4, -0.2) is 54.2 Å². The molecule has 1 aliphatic rings. The number of nitrogens with zero attached hydrogens (tertiary/aromatic N) is 4. The van der Waals surface area contributed by atoms with Crippen molar-refractivity contribution in [3.05, 3.63) is 46.3 Å². The van der Waals surface area contributed by atoms with Crippen molar-refractivity contribution in [3.8, 4) is 5.75 Å². The van der Waals surface area contributed by atoms with Crippen molar-refractivity contribution in [3.63, 3.8) is 0 Å². The van der Waals surface area contributed by atoms with Crippen molar-refractivity contribution < 1.29 is 19.2 Å². The van der Waals surface area contributed by atoms with Crippen molar-refractivity contribution in [1.29, 1.82) is 0 Å². The van der Waals surface area contributed by atoms with Crippen LogP contribution >= 0.6 is 0 Å². The van der Waals surface area contributed by atoms with Gasteiger partial charge in [0.2, 0.25) is 11.6 Å². The lowest BCUT2D eigenvalue weighted by Crippen LogP contribution is -2.37. The Bertz CT molecular complexity index is 840. The number of rotatable bonds is 6. The number of morpholine rings is 1. The van der Waals surface area contributed by atoms with Crippen LogP contribution in [0, 0.1) is 10.1 Å². The number of ether oxygens (including phenoxy) is 2. The molecule has 1 aromatic carbocycles. The van der Waals surface area contributed by atoms with E-state index in [1.165, 1.54) is 13.4 Å². The van der Waals surface area contributed by atoms with Crippen LogP contribution in [0.5, 0.6) is 5.75 Å². The fourth-order valence-corrected chi connectivity index (χ4v) is 2.65. The number of hydrogen-bond donors (Lipinski definition) is 2. The largest absolute Gasteiger partial charge is 0.496 e. The number of carbonyl (C=O) groups is 1. The minimum absolute atomic E-state index is 0.111. The Hall–Kier alpha value is -3.47. The average molecular weight is 374 g/mol. The van der Waals surface area contributed by atoms with E-state index < -0.39 is 10.8 Å². The van der Waals surface area contributed by atoms with E-state index in [1.54, 1.807) is 29.2 Å². The molecule has 0 saturated carbocycles. The van der Waals surface area contributed by atoms with Crippen LogP contribution in [0.3, 0.4) is 0 Å². The van der Waals surface area contributed by atoms with Gasteiger partial charge in [0.25, 0.3) is 5.91 Å². The molecule has 2 heterocycles. The standard InChI is InChI=1S/C16H18N6O5/c1-26-12-5-3-2-4-11(12)16(23)20-19-14-13(22(24)25)15(18-10-17-14)21-6-8-27-9-7-21/h2-5,10H,6-9H2,1H3,(H,20,23)(H,17,18,19). The Labute approximate surface area is 154 Å². The fourth-order valence-electron chi connectivity index (χ4n) is 2.65. The number of para-hydroxylation sites is 1. The van der Waals surface area contributed by atoms with Crippen LogP contribution in [0.15, 0.2) is 30.6 Å². The second kappa shape index (κ2) is 8.27. The lowest BCUT2D eigenvalue weighted by molar-refractivity contribution is -0.383. The van der Waals surface area contributed by atoms with Gasteiger partial charge in [0.1, 0.15) is 12.1 Å². The van der Waals surface area contributed by atoms with Crippen molar-refractivity contribution in [1.82, 2.24) is 15.4 Å². The maximum absolute atomic E-state index is 12.4. The summed E-state index contributed by atoms with van der Waals surface area (Å²) in [4.78, 5) is 33.1. The van der Waals surface area contributed by atoms with Crippen molar-refractivity contribution in [2.24, 2.45) is 0 Å². The van der Waals surface area contributed by atoms with E-state index in [4.69, 9.17) is 9.47 Å². The normalized spacial score (nSPS) is 13.7. The Morgan fingerprint density at radius 3 is 2.74 bits per heavy atom. The van der Waals surface area contributed by atoms with Crippen LogP contribution in [0.25, 0.3) is 0 Å². The van der Waals surface area contributed by atoms with Gasteiger partial charge >= 0.3 is 5.69 Å². The molecule has 1 aliphatic heterocycles. The Morgan fingerprint density at radius 2 is 2.04 bits per heavy atom. The molecule has 142 valence electrons. The summed E-state index contributed by atoms with van der Waals surface area (Å²) in [6.45, 7) is 1.86. The summed E-state index contributed by atoms with van der Waals surface area (Å²) in [6, 6.07) is 6.62. The van der Waals surface area contributed by atoms with Gasteiger partial charge in [0.05, 0.1) is 30.8 Å². The summed E-state index contributed by atoms with van der Waals surface area (Å²) >= 11 is 0. The number of methoxy groups -OCH3 is 1. The van der Waals surface area contributed by atoms with E-state index in [1.807, 2.05) is 0 Å². The third-order valence-electron chi connectivity index (χ3n) is 3.94. The topological polar surface area (TPSA) is 132 Å². The number of benzene rings is 1. The van der Waals surface area contributed by atoms with Crippen molar-refractivity contribution in [2.45, 2.75) is 0 Å². The molecular weight excluding hydrogens is 356 g/mol. The molecule has 2 aromatic rings. The van der Waals surface area contributed by atoms with Crippen LogP contribution in [-0.2, 0) is 4.74 Å². The molecule has 0 spiro atoms. The van der Waals surface area contributed by atoms with Gasteiger partial charge in [0.15, 0.2) is 0 Å². The summed E-state index contributed by atoms with van der Waals surface area (Å²) < 4.78 is 10.4. The van der Waals surface area contributed by atoms with E-state index in [0.29, 0.717) is 32.1 Å². The maximum atomic E-state index is 12.4. The first kappa shape index (κ1) is 18.3. The van der Waals surface area contributed by atoms with E-state index in [9.17, 15) is 14.9 Å². The number of amides is 1. The predicted molar refractivity (Wildman–Crippen MR) is 95.8 cm³/mol.